The van der Waals surface area contributed by atoms with Crippen LogP contribution in [-0.2, 0) is 5.75 Å². The number of amides is 1. The van der Waals surface area contributed by atoms with Crippen LogP contribution in [0.5, 0.6) is 0 Å². The molecule has 0 spiro atoms. The van der Waals surface area contributed by atoms with E-state index < -0.39 is 11.9 Å². The molecule has 0 unspecified atom stereocenters. The minimum Gasteiger partial charge on any atom is -0.478 e. The molecular formula is C13H12N2O4S. The molecule has 0 aliphatic rings. The van der Waals surface area contributed by atoms with Gasteiger partial charge in [-0.15, -0.1) is 0 Å². The molecule has 2 N–H and O–H groups in total. The highest BCUT2D eigenvalue weighted by molar-refractivity contribution is 7.97. The van der Waals surface area contributed by atoms with E-state index >= 15 is 0 Å². The van der Waals surface area contributed by atoms with Crippen molar-refractivity contribution in [2.75, 3.05) is 11.6 Å². The second-order valence-electron chi connectivity index (χ2n) is 3.92. The lowest BCUT2D eigenvalue weighted by atomic mass is 10.2. The van der Waals surface area contributed by atoms with Gasteiger partial charge < -0.3 is 14.8 Å². The average Bonchev–Trinajstić information content (AvgIpc) is 2.88. The molecule has 2 aromatic rings. The Morgan fingerprint density at radius 1 is 1.40 bits per heavy atom. The first-order valence-electron chi connectivity index (χ1n) is 5.67. The molecule has 1 amide bonds. The Morgan fingerprint density at radius 2 is 2.20 bits per heavy atom. The normalized spacial score (nSPS) is 10.2. The fraction of sp³-hybridized carbons (Fsp3) is 0.154. The Kier molecular flexibility index (Phi) is 4.41. The van der Waals surface area contributed by atoms with Crippen LogP contribution in [0.15, 0.2) is 35.0 Å². The van der Waals surface area contributed by atoms with Gasteiger partial charge in [0.05, 0.1) is 23.2 Å². The van der Waals surface area contributed by atoms with Crippen molar-refractivity contribution in [2.45, 2.75) is 5.75 Å². The van der Waals surface area contributed by atoms with Crippen LogP contribution in [0.2, 0.25) is 0 Å². The van der Waals surface area contributed by atoms with Gasteiger partial charge in [-0.05, 0) is 24.5 Å². The molecule has 7 heteroatoms. The van der Waals surface area contributed by atoms with Gasteiger partial charge in [0.2, 0.25) is 0 Å². The standard InChI is InChI=1S/C13H12N2O4S/c1-20-7-10-2-3-11(19-10)12(16)15-9-4-8(13(17)18)5-14-6-9/h2-6H,7H2,1H3,(H,15,16)(H,17,18). The van der Waals surface area contributed by atoms with Gasteiger partial charge in [0.1, 0.15) is 5.76 Å². The Morgan fingerprint density at radius 3 is 2.90 bits per heavy atom. The number of rotatable bonds is 5. The minimum absolute atomic E-state index is 0.00492. The number of carboxylic acid groups (broad SMARTS) is 1. The first kappa shape index (κ1) is 14.1. The number of anilines is 1. The Balaban J connectivity index is 2.10. The average molecular weight is 292 g/mol. The van der Waals surface area contributed by atoms with E-state index in [0.29, 0.717) is 17.2 Å². The summed E-state index contributed by atoms with van der Waals surface area (Å²) in [5.41, 5.74) is 0.308. The van der Waals surface area contributed by atoms with E-state index in [1.165, 1.54) is 18.5 Å². The molecule has 104 valence electrons. The molecule has 0 saturated heterocycles. The molecule has 20 heavy (non-hydrogen) atoms. The highest BCUT2D eigenvalue weighted by Gasteiger charge is 2.12. The van der Waals surface area contributed by atoms with Crippen molar-refractivity contribution in [3.8, 4) is 0 Å². The third-order valence-electron chi connectivity index (χ3n) is 2.42. The van der Waals surface area contributed by atoms with E-state index in [2.05, 4.69) is 10.3 Å². The zero-order valence-electron chi connectivity index (χ0n) is 10.6. The summed E-state index contributed by atoms with van der Waals surface area (Å²) in [6.45, 7) is 0. The number of aromatic nitrogens is 1. The molecule has 2 heterocycles. The second-order valence-corrected chi connectivity index (χ2v) is 4.79. The number of pyridine rings is 1. The molecule has 0 radical (unpaired) electrons. The van der Waals surface area contributed by atoms with Crippen molar-refractivity contribution in [1.29, 1.82) is 0 Å². The molecular weight excluding hydrogens is 280 g/mol. The van der Waals surface area contributed by atoms with E-state index in [0.717, 1.165) is 0 Å². The van der Waals surface area contributed by atoms with Crippen LogP contribution in [0.4, 0.5) is 5.69 Å². The summed E-state index contributed by atoms with van der Waals surface area (Å²) in [6, 6.07) is 4.64. The van der Waals surface area contributed by atoms with Crippen molar-refractivity contribution in [3.05, 3.63) is 47.7 Å². The lowest BCUT2D eigenvalue weighted by Gasteiger charge is -2.03. The zero-order chi connectivity index (χ0) is 14.5. The molecule has 0 saturated carbocycles. The predicted octanol–water partition coefficient (Wildman–Crippen LogP) is 2.49. The van der Waals surface area contributed by atoms with Crippen LogP contribution >= 0.6 is 11.8 Å². The van der Waals surface area contributed by atoms with Gasteiger partial charge in [0.25, 0.3) is 5.91 Å². The smallest absolute Gasteiger partial charge is 0.337 e. The van der Waals surface area contributed by atoms with Gasteiger partial charge in [0, 0.05) is 6.20 Å². The third-order valence-corrected chi connectivity index (χ3v) is 2.99. The van der Waals surface area contributed by atoms with E-state index in [4.69, 9.17) is 9.52 Å². The fourth-order valence-corrected chi connectivity index (χ4v) is 1.98. The molecule has 6 nitrogen and oxygen atoms in total. The van der Waals surface area contributed by atoms with Gasteiger partial charge in [-0.25, -0.2) is 4.79 Å². The first-order valence-corrected chi connectivity index (χ1v) is 7.07. The molecule has 0 aliphatic carbocycles. The number of carbonyl (C=O) groups excluding carboxylic acids is 1. The van der Waals surface area contributed by atoms with Crippen molar-refractivity contribution in [2.24, 2.45) is 0 Å². The summed E-state index contributed by atoms with van der Waals surface area (Å²) in [5.74, 6) is 0.0222. The van der Waals surface area contributed by atoms with E-state index in [-0.39, 0.29) is 11.3 Å². The highest BCUT2D eigenvalue weighted by atomic mass is 32.2. The Bertz CT molecular complexity index is 639. The largest absolute Gasteiger partial charge is 0.478 e. The number of aromatic carboxylic acids is 1. The van der Waals surface area contributed by atoms with Crippen LogP contribution in [0.25, 0.3) is 0 Å². The van der Waals surface area contributed by atoms with E-state index in [9.17, 15) is 9.59 Å². The van der Waals surface area contributed by atoms with Gasteiger partial charge >= 0.3 is 5.97 Å². The van der Waals surface area contributed by atoms with Crippen molar-refractivity contribution in [1.82, 2.24) is 4.98 Å². The summed E-state index contributed by atoms with van der Waals surface area (Å²) in [5, 5.41) is 11.4. The number of carboxylic acids is 1. The molecule has 0 fully saturated rings. The second kappa shape index (κ2) is 6.25. The molecule has 0 bridgehead atoms. The van der Waals surface area contributed by atoms with Gasteiger partial charge in [-0.3, -0.25) is 9.78 Å². The number of hydrogen-bond donors (Lipinski definition) is 2. The number of furan rings is 1. The quantitative estimate of drug-likeness (QED) is 0.879. The van der Waals surface area contributed by atoms with Crippen LogP contribution in [-0.4, -0.2) is 28.2 Å². The monoisotopic (exact) mass is 292 g/mol. The molecule has 0 atom stereocenters. The molecule has 2 rings (SSSR count). The molecule has 0 aliphatic heterocycles. The summed E-state index contributed by atoms with van der Waals surface area (Å²) in [6.07, 6.45) is 4.52. The van der Waals surface area contributed by atoms with E-state index in [1.807, 2.05) is 6.26 Å². The summed E-state index contributed by atoms with van der Waals surface area (Å²) in [4.78, 5) is 26.5. The lowest BCUT2D eigenvalue weighted by molar-refractivity contribution is 0.0696. The maximum atomic E-state index is 11.9. The fourth-order valence-electron chi connectivity index (χ4n) is 1.54. The van der Waals surface area contributed by atoms with Crippen molar-refractivity contribution < 1.29 is 19.1 Å². The predicted molar refractivity (Wildman–Crippen MR) is 75.1 cm³/mol. The zero-order valence-corrected chi connectivity index (χ0v) is 11.4. The summed E-state index contributed by atoms with van der Waals surface area (Å²) < 4.78 is 5.37. The SMILES string of the molecule is CSCc1ccc(C(=O)Nc2cncc(C(=O)O)c2)o1. The van der Waals surface area contributed by atoms with Crippen LogP contribution < -0.4 is 5.32 Å². The third kappa shape index (κ3) is 3.39. The summed E-state index contributed by atoms with van der Waals surface area (Å²) in [7, 11) is 0. The van der Waals surface area contributed by atoms with Gasteiger partial charge in [-0.1, -0.05) is 0 Å². The Hall–Kier alpha value is -2.28. The number of carbonyl (C=O) groups is 2. The number of nitrogens with one attached hydrogen (secondary N) is 1. The molecule has 2 aromatic heterocycles. The number of hydrogen-bond acceptors (Lipinski definition) is 5. The lowest BCUT2D eigenvalue weighted by Crippen LogP contribution is -2.11. The van der Waals surface area contributed by atoms with Gasteiger partial charge in [-0.2, -0.15) is 11.8 Å². The molecule has 0 aromatic carbocycles. The van der Waals surface area contributed by atoms with Crippen LogP contribution in [0.3, 0.4) is 0 Å². The topological polar surface area (TPSA) is 92.4 Å². The van der Waals surface area contributed by atoms with Crippen molar-refractivity contribution >= 4 is 29.3 Å². The van der Waals surface area contributed by atoms with Gasteiger partial charge in [0.15, 0.2) is 5.76 Å². The first-order chi connectivity index (χ1) is 9.60. The van der Waals surface area contributed by atoms with Crippen molar-refractivity contribution in [3.63, 3.8) is 0 Å². The maximum absolute atomic E-state index is 11.9. The van der Waals surface area contributed by atoms with E-state index in [1.54, 1.807) is 23.9 Å². The van der Waals surface area contributed by atoms with Crippen LogP contribution in [0, 0.1) is 0 Å². The summed E-state index contributed by atoms with van der Waals surface area (Å²) >= 11 is 1.59. The minimum atomic E-state index is -1.10. The number of nitrogens with zero attached hydrogens (tertiary/aromatic N) is 1. The number of thioether (sulfide) groups is 1. The van der Waals surface area contributed by atoms with Crippen LogP contribution in [0.1, 0.15) is 26.7 Å². The maximum Gasteiger partial charge on any atom is 0.337 e. The Labute approximate surface area is 119 Å². The highest BCUT2D eigenvalue weighted by Crippen LogP contribution is 2.15.